The van der Waals surface area contributed by atoms with Gasteiger partial charge in [0.15, 0.2) is 25.5 Å². The number of anilines is 1. The second kappa shape index (κ2) is 44.0. The van der Waals surface area contributed by atoms with Crippen LogP contribution in [-0.4, -0.2) is 91.5 Å². The summed E-state index contributed by atoms with van der Waals surface area (Å²) in [7, 11) is -6.68. The number of benzene rings is 9. The van der Waals surface area contributed by atoms with Crippen LogP contribution in [0.15, 0.2) is 252 Å². The van der Waals surface area contributed by atoms with E-state index in [4.69, 9.17) is 24.8 Å². The molecule has 0 fully saturated rings. The zero-order valence-corrected chi connectivity index (χ0v) is 78.8. The van der Waals surface area contributed by atoms with Crippen LogP contribution in [0, 0.1) is 6.92 Å². The molecule has 3 heterocycles. The molecular formula is C112H128N2O14S2. The Morgan fingerprint density at radius 1 is 0.492 bits per heavy atom. The molecule has 682 valence electrons. The predicted octanol–water partition coefficient (Wildman–Crippen LogP) is 26.7. The highest BCUT2D eigenvalue weighted by Crippen LogP contribution is 2.48. The van der Waals surface area contributed by atoms with Crippen molar-refractivity contribution in [3.05, 3.63) is 337 Å². The highest BCUT2D eigenvalue weighted by molar-refractivity contribution is 7.91. The van der Waals surface area contributed by atoms with Gasteiger partial charge >= 0.3 is 17.9 Å². The molecule has 9 aromatic carbocycles. The summed E-state index contributed by atoms with van der Waals surface area (Å²) >= 11 is 0. The minimum atomic E-state index is -3.35. The van der Waals surface area contributed by atoms with Crippen LogP contribution in [0.2, 0.25) is 0 Å². The maximum Gasteiger partial charge on any atom is 0.335 e. The van der Waals surface area contributed by atoms with Gasteiger partial charge in [-0.2, -0.15) is 0 Å². The first-order valence-electron chi connectivity index (χ1n) is 45.0. The van der Waals surface area contributed by atoms with E-state index in [0.29, 0.717) is 64.0 Å². The van der Waals surface area contributed by atoms with Gasteiger partial charge in [0.25, 0.3) is 5.91 Å². The molecule has 1 amide bonds. The molecule has 0 atom stereocenters. The zero-order chi connectivity index (χ0) is 93.2. The van der Waals surface area contributed by atoms with Crippen LogP contribution in [-0.2, 0) is 52.5 Å². The first-order valence-corrected chi connectivity index (χ1v) is 48.3. The number of fused-ring (bicyclic) bond motifs is 5. The Morgan fingerprint density at radius 3 is 1.49 bits per heavy atom. The number of ether oxygens (including phenoxy) is 2. The van der Waals surface area contributed by atoms with E-state index < -0.39 is 37.6 Å². The number of sulfone groups is 2. The number of pyridine rings is 1. The van der Waals surface area contributed by atoms with E-state index in [-0.39, 0.29) is 69.8 Å². The predicted molar refractivity (Wildman–Crippen MR) is 530 cm³/mol. The number of amides is 1. The number of rotatable bonds is 29. The molecule has 4 aliphatic rings. The van der Waals surface area contributed by atoms with Gasteiger partial charge in [0, 0.05) is 57.6 Å². The van der Waals surface area contributed by atoms with E-state index in [0.717, 1.165) is 139 Å². The number of allylic oxidation sites excluding steroid dienone is 8. The Kier molecular flexibility index (Phi) is 33.9. The van der Waals surface area contributed by atoms with Gasteiger partial charge < -0.3 is 30.1 Å². The normalized spacial score (nSPS) is 15.8. The van der Waals surface area contributed by atoms with Gasteiger partial charge in [0.05, 0.1) is 51.2 Å². The lowest BCUT2D eigenvalue weighted by molar-refractivity contribution is -0.131. The summed E-state index contributed by atoms with van der Waals surface area (Å²) in [6.45, 7) is 30.5. The van der Waals surface area contributed by atoms with Crippen molar-refractivity contribution in [2.24, 2.45) is 0 Å². The number of ketones is 1. The van der Waals surface area contributed by atoms with Crippen LogP contribution >= 0.6 is 0 Å². The number of para-hydroxylation sites is 1. The van der Waals surface area contributed by atoms with Gasteiger partial charge in [0.1, 0.15) is 11.5 Å². The van der Waals surface area contributed by atoms with Crippen LogP contribution in [0.25, 0.3) is 39.3 Å². The summed E-state index contributed by atoms with van der Waals surface area (Å²) in [5, 5.41) is 31.2. The van der Waals surface area contributed by atoms with E-state index in [1.54, 1.807) is 67.6 Å². The van der Waals surface area contributed by atoms with Gasteiger partial charge in [-0.1, -0.05) is 273 Å². The van der Waals surface area contributed by atoms with Crippen LogP contribution in [0.5, 0.6) is 11.5 Å². The lowest BCUT2D eigenvalue weighted by Crippen LogP contribution is -2.30. The Hall–Kier alpha value is -12.1. The Morgan fingerprint density at radius 2 is 0.969 bits per heavy atom. The Balaban J connectivity index is 0.000000180. The van der Waals surface area contributed by atoms with Gasteiger partial charge in [0.2, 0.25) is 0 Å². The summed E-state index contributed by atoms with van der Waals surface area (Å²) in [5.41, 5.74) is 21.1. The van der Waals surface area contributed by atoms with Crippen molar-refractivity contribution in [1.29, 1.82) is 0 Å². The van der Waals surface area contributed by atoms with Crippen molar-refractivity contribution in [2.45, 2.75) is 232 Å². The molecule has 0 unspecified atom stereocenters. The van der Waals surface area contributed by atoms with Gasteiger partial charge in [-0.3, -0.25) is 14.6 Å². The lowest BCUT2D eigenvalue weighted by atomic mass is 9.71. The van der Waals surface area contributed by atoms with E-state index in [9.17, 15) is 40.8 Å². The molecule has 2 aliphatic carbocycles. The van der Waals surface area contributed by atoms with E-state index in [1.165, 1.54) is 67.4 Å². The molecule has 0 saturated carbocycles. The molecule has 130 heavy (non-hydrogen) atoms. The molecule has 0 radical (unpaired) electrons. The number of aromatic carboxylic acids is 2. The average molecular weight is 1790 g/mol. The number of carboxylic acid groups (broad SMARTS) is 3. The highest BCUT2D eigenvalue weighted by Gasteiger charge is 2.39. The molecule has 2 aliphatic heterocycles. The second-order valence-corrected chi connectivity index (χ2v) is 41.1. The number of hydrogen-bond donors (Lipinski definition) is 4. The molecular weight excluding hydrogens is 1660 g/mol. The maximum atomic E-state index is 13.0. The number of nitrogens with one attached hydrogen (secondary N) is 1. The van der Waals surface area contributed by atoms with E-state index in [2.05, 4.69) is 128 Å². The fraction of sp³-hybridized carbons (Fsp3) is 0.339. The van der Waals surface area contributed by atoms with E-state index >= 15 is 0 Å². The number of unbranched alkanes of at least 4 members (excludes halogenated alkanes) is 8. The number of nitrogens with zero attached hydrogens (tertiary/aromatic N) is 1. The zero-order valence-electron chi connectivity index (χ0n) is 77.1. The first-order chi connectivity index (χ1) is 61.3. The van der Waals surface area contributed by atoms with Crippen LogP contribution in [0.1, 0.15) is 301 Å². The molecule has 1 aromatic heterocycles. The number of aliphatic carboxylic acids is 1. The molecule has 16 nitrogen and oxygen atoms in total. The number of carbonyl (C=O) groups is 5. The third-order valence-electron chi connectivity index (χ3n) is 24.9. The molecule has 14 rings (SSSR count). The summed E-state index contributed by atoms with van der Waals surface area (Å²) in [4.78, 5) is 64.4. The largest absolute Gasteiger partial charge is 0.493 e. The highest BCUT2D eigenvalue weighted by atomic mass is 32.2. The van der Waals surface area contributed by atoms with E-state index in [1.807, 2.05) is 136 Å². The minimum absolute atomic E-state index is 0. The summed E-state index contributed by atoms with van der Waals surface area (Å²) in [6.07, 6.45) is 29.5. The monoisotopic (exact) mass is 1790 g/mol. The number of aryl methyl sites for hydroxylation is 1. The van der Waals surface area contributed by atoms with Crippen molar-refractivity contribution >= 4 is 94.2 Å². The van der Waals surface area contributed by atoms with Gasteiger partial charge in [-0.05, 0) is 257 Å². The van der Waals surface area contributed by atoms with Crippen molar-refractivity contribution < 1.29 is 65.6 Å². The number of Topliss-reactive ketones (excluding diaryl/α,β-unsaturated/α-hetero) is 1. The Labute approximate surface area is 770 Å². The van der Waals surface area contributed by atoms with Crippen LogP contribution in [0.4, 0.5) is 5.69 Å². The molecule has 0 bridgehead atoms. The smallest absolute Gasteiger partial charge is 0.335 e. The van der Waals surface area contributed by atoms with Crippen molar-refractivity contribution in [2.75, 3.05) is 30.0 Å². The number of carboxylic acids is 3. The minimum Gasteiger partial charge on any atom is -0.493 e. The molecule has 18 heteroatoms. The van der Waals surface area contributed by atoms with Crippen molar-refractivity contribution in [3.63, 3.8) is 0 Å². The fourth-order valence-corrected chi connectivity index (χ4v) is 20.7. The third kappa shape index (κ3) is 25.7. The third-order valence-corrected chi connectivity index (χ3v) is 28.4. The first kappa shape index (κ1) is 100. The quantitative estimate of drug-likeness (QED) is 0.0112. The summed E-state index contributed by atoms with van der Waals surface area (Å²) in [6, 6.07) is 61.2. The molecule has 10 aromatic rings. The van der Waals surface area contributed by atoms with Crippen molar-refractivity contribution in [3.8, 4) is 11.5 Å². The van der Waals surface area contributed by atoms with Crippen LogP contribution in [0.3, 0.4) is 0 Å². The molecule has 0 spiro atoms. The number of aromatic nitrogens is 1. The second-order valence-electron chi connectivity index (χ2n) is 36.9. The van der Waals surface area contributed by atoms with Gasteiger partial charge in [-0.25, -0.2) is 31.2 Å². The molecule has 0 saturated heterocycles. The maximum absolute atomic E-state index is 13.0. The fourth-order valence-electron chi connectivity index (χ4n) is 16.8. The number of hydrogen-bond acceptors (Lipinski definition) is 12. The summed E-state index contributed by atoms with van der Waals surface area (Å²) in [5.74, 6) is -1.51. The van der Waals surface area contributed by atoms with Crippen LogP contribution < -0.4 is 14.8 Å². The molecule has 4 N–H and O–H groups in total. The topological polar surface area (TPSA) is 258 Å². The Bertz CT molecular complexity index is 6220. The van der Waals surface area contributed by atoms with Crippen molar-refractivity contribution in [1.82, 2.24) is 4.98 Å². The van der Waals surface area contributed by atoms with Gasteiger partial charge in [-0.15, -0.1) is 0 Å². The standard InChI is InChI=1S/C29H26N2O.C28H36O5S.C27H38O5S.C27H24O3.CH4/c1-19-8-11-23(12-9-19)31-28(32)21-10-13-26-25(17-21)24(14-15-29(26,2)3)22-16-20-6-4-5-7-27(20)30-18-22;1-5-6-7-8-9-15-33-25-19-26-24(28(3,4)14-16-34(26,31)32)18-23(25)20(2)17-21-10-12-22(13-11-21)27(29)30;1-6-7-8-9-10-15-32-24-19-25-23(27(4,5)14-16-33(25,30)31)18-22(24)21(3)13-11-12-20(2)17-26(28)29;1-27(2)15-14-22(19-6-4-3-5-7-19)23-17-21(12-13-24(23)27)25(28)16-18-8-10-20(11-9-18)26(29)30;/h4-14,16-18H,15H2,1-3H3,(H,31,32);10-13,17-19H,5-9,14-16H2,1-4H3,(H,29,30);11-13,17-19H,6-10,14-16H2,1-5H3,(H,28,29);3-14,17H,15-16H2,1-2H3,(H,29,30);1H4/b;20-17+;12-11+,20-17+,21-13+;;. The SMILES string of the molecule is C.CC1(C)CC=C(c2ccccc2)c2cc(C(=O)Cc3ccc(C(=O)O)cc3)ccc21.CCCCCCCOc1cc2c(cc1/C(C)=C/C=C/C(C)=C/C(=O)O)C(C)(C)CCS2(=O)=O.CCCCCCCOc1cc2c(cc1/C(C)=C/c1ccc(C(=O)O)cc1)C(C)(C)CCS2(=O)=O.Cc1ccc(NC(=O)c2ccc3c(c2)C(c2cnc4ccccc4c2)=CCC3(C)C)cc1. The number of carbonyl (C=O) groups excluding carboxylic acids is 2. The average Bonchev–Trinajstić information content (AvgIpc) is 0.752. The summed E-state index contributed by atoms with van der Waals surface area (Å²) < 4.78 is 63.8. The lowest BCUT2D eigenvalue weighted by Gasteiger charge is -2.33.